The average molecular weight is 344 g/mol. The van der Waals surface area contributed by atoms with Crippen molar-refractivity contribution in [3.05, 3.63) is 32.7 Å². The van der Waals surface area contributed by atoms with E-state index in [-0.39, 0.29) is 0 Å². The summed E-state index contributed by atoms with van der Waals surface area (Å²) in [6.45, 7) is 1.71. The van der Waals surface area contributed by atoms with Crippen LogP contribution in [0.2, 0.25) is 0 Å². The van der Waals surface area contributed by atoms with Gasteiger partial charge in [0.25, 0.3) is 0 Å². The molecule has 2 rings (SSSR count). The Morgan fingerprint density at radius 3 is 2.69 bits per heavy atom. The molecule has 16 heavy (non-hydrogen) atoms. The molecule has 0 atom stereocenters. The van der Waals surface area contributed by atoms with Crippen molar-refractivity contribution in [2.45, 2.75) is 12.8 Å². The lowest BCUT2D eigenvalue weighted by Crippen LogP contribution is -1.98. The molecule has 84 valence electrons. The molecule has 0 amide bonds. The Bertz CT molecular complexity index is 418. The first-order valence-corrected chi connectivity index (χ1v) is 6.82. The average Bonchev–Trinajstić information content (AvgIpc) is 2.75. The Kier molecular flexibility index (Phi) is 4.29. The fraction of sp³-hybridized carbons (Fsp3) is 0.333. The van der Waals surface area contributed by atoms with Gasteiger partial charge < -0.3 is 0 Å². The van der Waals surface area contributed by atoms with Crippen LogP contribution in [0.15, 0.2) is 37.1 Å². The van der Waals surface area contributed by atoms with Crippen LogP contribution in [0.5, 0.6) is 0 Å². The van der Waals surface area contributed by atoms with Crippen molar-refractivity contribution in [1.29, 1.82) is 0 Å². The number of rotatable bonds is 3. The van der Waals surface area contributed by atoms with Crippen molar-refractivity contribution in [2.24, 2.45) is 9.98 Å². The van der Waals surface area contributed by atoms with E-state index in [0.29, 0.717) is 0 Å². The minimum atomic E-state index is 0.730. The van der Waals surface area contributed by atoms with Gasteiger partial charge in [0, 0.05) is 33.0 Å². The molecule has 1 aliphatic rings. The maximum Gasteiger partial charge on any atom is 0.0768 e. The molecule has 0 aliphatic carbocycles. The second-order valence-electron chi connectivity index (χ2n) is 3.66. The van der Waals surface area contributed by atoms with Crippen LogP contribution >= 0.6 is 31.9 Å². The molecule has 0 spiro atoms. The van der Waals surface area contributed by atoms with Gasteiger partial charge in [0.1, 0.15) is 0 Å². The molecule has 0 radical (unpaired) electrons. The fourth-order valence-corrected chi connectivity index (χ4v) is 2.81. The van der Waals surface area contributed by atoms with Crippen molar-refractivity contribution >= 4 is 43.8 Å². The molecule has 1 aromatic carbocycles. The Hall–Kier alpha value is -0.480. The van der Waals surface area contributed by atoms with Crippen LogP contribution in [0.3, 0.4) is 0 Å². The molecule has 1 heterocycles. The third kappa shape index (κ3) is 3.01. The van der Waals surface area contributed by atoms with Crippen LogP contribution < -0.4 is 0 Å². The Labute approximate surface area is 112 Å². The van der Waals surface area contributed by atoms with Crippen LogP contribution in [-0.2, 0) is 0 Å². The van der Waals surface area contributed by atoms with Gasteiger partial charge in [0.15, 0.2) is 0 Å². The fourth-order valence-electron chi connectivity index (χ4n) is 1.60. The molecular weight excluding hydrogens is 332 g/mol. The SMILES string of the molecule is Brc1cccc(Br)c1C=NCC1=NCCC1. The zero-order valence-electron chi connectivity index (χ0n) is 8.79. The van der Waals surface area contributed by atoms with Gasteiger partial charge in [0.05, 0.1) is 6.54 Å². The lowest BCUT2D eigenvalue weighted by molar-refractivity contribution is 0.949. The van der Waals surface area contributed by atoms with Crippen LogP contribution in [0.25, 0.3) is 0 Å². The van der Waals surface area contributed by atoms with Gasteiger partial charge in [-0.25, -0.2) is 0 Å². The zero-order chi connectivity index (χ0) is 11.4. The number of halogens is 2. The highest BCUT2D eigenvalue weighted by atomic mass is 79.9. The topological polar surface area (TPSA) is 24.7 Å². The highest BCUT2D eigenvalue weighted by Crippen LogP contribution is 2.23. The number of hydrogen-bond donors (Lipinski definition) is 0. The molecule has 1 aliphatic heterocycles. The Morgan fingerprint density at radius 2 is 2.06 bits per heavy atom. The summed E-state index contributed by atoms with van der Waals surface area (Å²) in [6, 6.07) is 6.02. The van der Waals surface area contributed by atoms with Crippen LogP contribution in [-0.4, -0.2) is 25.0 Å². The van der Waals surface area contributed by atoms with E-state index in [0.717, 1.165) is 34.0 Å². The number of hydrogen-bond acceptors (Lipinski definition) is 2. The molecular formula is C12H12Br2N2. The summed E-state index contributed by atoms with van der Waals surface area (Å²) in [5.41, 5.74) is 2.31. The first-order valence-electron chi connectivity index (χ1n) is 5.23. The summed E-state index contributed by atoms with van der Waals surface area (Å²) in [7, 11) is 0. The van der Waals surface area contributed by atoms with E-state index in [1.807, 2.05) is 24.4 Å². The molecule has 4 heteroatoms. The predicted octanol–water partition coefficient (Wildman–Crippen LogP) is 3.87. The van der Waals surface area contributed by atoms with Gasteiger partial charge in [-0.05, 0) is 25.0 Å². The monoisotopic (exact) mass is 342 g/mol. The van der Waals surface area contributed by atoms with E-state index < -0.39 is 0 Å². The lowest BCUT2D eigenvalue weighted by atomic mass is 10.2. The van der Waals surface area contributed by atoms with E-state index >= 15 is 0 Å². The molecule has 2 nitrogen and oxygen atoms in total. The minimum Gasteiger partial charge on any atom is -0.292 e. The molecule has 0 saturated heterocycles. The first-order chi connectivity index (χ1) is 7.77. The second kappa shape index (κ2) is 5.73. The van der Waals surface area contributed by atoms with Crippen molar-refractivity contribution in [2.75, 3.05) is 13.1 Å². The number of benzene rings is 1. The number of nitrogens with zero attached hydrogens (tertiary/aromatic N) is 2. The Morgan fingerprint density at radius 1 is 1.31 bits per heavy atom. The third-order valence-corrected chi connectivity index (χ3v) is 3.84. The van der Waals surface area contributed by atoms with Gasteiger partial charge in [-0.2, -0.15) is 0 Å². The summed E-state index contributed by atoms with van der Waals surface area (Å²) < 4.78 is 2.11. The summed E-state index contributed by atoms with van der Waals surface area (Å²) in [6.07, 6.45) is 4.19. The van der Waals surface area contributed by atoms with E-state index in [4.69, 9.17) is 0 Å². The standard InChI is InChI=1S/C12H12Br2N2/c13-11-4-1-5-12(14)10(11)8-15-7-9-3-2-6-16-9/h1,4-5,8H,2-3,6-7H2. The van der Waals surface area contributed by atoms with Gasteiger partial charge in [-0.1, -0.05) is 37.9 Å². The van der Waals surface area contributed by atoms with E-state index in [2.05, 4.69) is 41.8 Å². The summed E-state index contributed by atoms with van der Waals surface area (Å²) in [4.78, 5) is 8.82. The second-order valence-corrected chi connectivity index (χ2v) is 5.37. The van der Waals surface area contributed by atoms with Crippen molar-refractivity contribution in [3.8, 4) is 0 Å². The molecule has 0 unspecified atom stereocenters. The molecule has 1 aromatic rings. The van der Waals surface area contributed by atoms with Gasteiger partial charge in [-0.3, -0.25) is 9.98 Å². The normalized spacial score (nSPS) is 15.8. The largest absolute Gasteiger partial charge is 0.292 e. The predicted molar refractivity (Wildman–Crippen MR) is 75.8 cm³/mol. The number of aliphatic imine (C=N–C) groups is 2. The van der Waals surface area contributed by atoms with Crippen LogP contribution in [0.1, 0.15) is 18.4 Å². The van der Waals surface area contributed by atoms with Crippen LogP contribution in [0, 0.1) is 0 Å². The van der Waals surface area contributed by atoms with Crippen LogP contribution in [0.4, 0.5) is 0 Å². The zero-order valence-corrected chi connectivity index (χ0v) is 12.0. The first kappa shape index (κ1) is 12.0. The van der Waals surface area contributed by atoms with Gasteiger partial charge in [0.2, 0.25) is 0 Å². The van der Waals surface area contributed by atoms with Gasteiger partial charge >= 0.3 is 0 Å². The lowest BCUT2D eigenvalue weighted by Gasteiger charge is -2.00. The highest BCUT2D eigenvalue weighted by molar-refractivity contribution is 9.11. The summed E-state index contributed by atoms with van der Waals surface area (Å²) >= 11 is 7.02. The van der Waals surface area contributed by atoms with Crippen molar-refractivity contribution < 1.29 is 0 Å². The highest BCUT2D eigenvalue weighted by Gasteiger charge is 2.05. The molecule has 0 bridgehead atoms. The summed E-state index contributed by atoms with van der Waals surface area (Å²) in [5.74, 6) is 0. The molecule has 0 saturated carbocycles. The van der Waals surface area contributed by atoms with E-state index in [1.54, 1.807) is 0 Å². The van der Waals surface area contributed by atoms with E-state index in [1.165, 1.54) is 12.1 Å². The minimum absolute atomic E-state index is 0.730. The molecule has 0 aromatic heterocycles. The third-order valence-electron chi connectivity index (χ3n) is 2.45. The quantitative estimate of drug-likeness (QED) is 0.744. The smallest absolute Gasteiger partial charge is 0.0768 e. The van der Waals surface area contributed by atoms with Crippen molar-refractivity contribution in [1.82, 2.24) is 0 Å². The summed E-state index contributed by atoms with van der Waals surface area (Å²) in [5, 5.41) is 0. The maximum atomic E-state index is 4.43. The Balaban J connectivity index is 2.05. The molecule has 0 fully saturated rings. The molecule has 0 N–H and O–H groups in total. The maximum absolute atomic E-state index is 4.43. The van der Waals surface area contributed by atoms with Gasteiger partial charge in [-0.15, -0.1) is 0 Å². The van der Waals surface area contributed by atoms with E-state index in [9.17, 15) is 0 Å². The van der Waals surface area contributed by atoms with Crippen molar-refractivity contribution in [3.63, 3.8) is 0 Å².